The fourth-order valence-electron chi connectivity index (χ4n) is 2.33. The fourth-order valence-corrected chi connectivity index (χ4v) is 3.71. The highest BCUT2D eigenvalue weighted by Gasteiger charge is 2.03. The summed E-state index contributed by atoms with van der Waals surface area (Å²) in [7, 11) is -0.394. The van der Waals surface area contributed by atoms with Crippen molar-refractivity contribution in [3.05, 3.63) is 90.1 Å². The standard InChI is InChI=1S/C17H17N3Si/c1-3-7-15(8-4-1)17(16-9-5-2-6-10-16)11-21-14-20-13-18-12-19-20/h1-13H,14,21H2. The Morgan fingerprint density at radius 1 is 0.952 bits per heavy atom. The van der Waals surface area contributed by atoms with E-state index in [1.807, 2.05) is 4.68 Å². The highest BCUT2D eigenvalue weighted by atomic mass is 28.2. The molecule has 21 heavy (non-hydrogen) atoms. The van der Waals surface area contributed by atoms with Gasteiger partial charge in [-0.25, -0.2) is 4.98 Å². The normalized spacial score (nSPS) is 10.9. The van der Waals surface area contributed by atoms with Crippen LogP contribution in [0.5, 0.6) is 0 Å². The molecule has 3 rings (SSSR count). The smallest absolute Gasteiger partial charge is 0.137 e. The van der Waals surface area contributed by atoms with Gasteiger partial charge in [0.05, 0.1) is 9.52 Å². The maximum absolute atomic E-state index is 4.17. The molecule has 3 aromatic rings. The summed E-state index contributed by atoms with van der Waals surface area (Å²) < 4.78 is 1.91. The van der Waals surface area contributed by atoms with E-state index >= 15 is 0 Å². The zero-order valence-corrected chi connectivity index (χ0v) is 13.2. The summed E-state index contributed by atoms with van der Waals surface area (Å²) in [5.74, 6) is 0. The summed E-state index contributed by atoms with van der Waals surface area (Å²) in [5.41, 5.74) is 6.28. The Kier molecular flexibility index (Phi) is 4.38. The van der Waals surface area contributed by atoms with Crippen molar-refractivity contribution in [3.8, 4) is 0 Å². The van der Waals surface area contributed by atoms with Crippen molar-refractivity contribution in [2.24, 2.45) is 0 Å². The van der Waals surface area contributed by atoms with Gasteiger partial charge in [0, 0.05) is 6.17 Å². The zero-order chi connectivity index (χ0) is 14.3. The Morgan fingerprint density at radius 3 is 2.10 bits per heavy atom. The molecule has 3 nitrogen and oxygen atoms in total. The van der Waals surface area contributed by atoms with E-state index in [2.05, 4.69) is 76.4 Å². The van der Waals surface area contributed by atoms with Gasteiger partial charge in [-0.15, -0.1) is 0 Å². The van der Waals surface area contributed by atoms with Crippen LogP contribution in [0.3, 0.4) is 0 Å². The van der Waals surface area contributed by atoms with E-state index in [4.69, 9.17) is 0 Å². The second-order valence-electron chi connectivity index (χ2n) is 4.80. The van der Waals surface area contributed by atoms with E-state index in [-0.39, 0.29) is 0 Å². The van der Waals surface area contributed by atoms with Gasteiger partial charge in [-0.2, -0.15) is 5.10 Å². The molecule has 0 radical (unpaired) electrons. The molecule has 1 aromatic heterocycles. The number of aromatic nitrogens is 3. The van der Waals surface area contributed by atoms with Gasteiger partial charge in [0.1, 0.15) is 12.7 Å². The van der Waals surface area contributed by atoms with Gasteiger partial charge in [0.15, 0.2) is 0 Å². The first-order valence-corrected chi connectivity index (χ1v) is 8.88. The molecule has 1 heterocycles. The lowest BCUT2D eigenvalue weighted by Crippen LogP contribution is -2.05. The van der Waals surface area contributed by atoms with Crippen LogP contribution >= 0.6 is 0 Å². The Labute approximate surface area is 126 Å². The molecule has 0 atom stereocenters. The monoisotopic (exact) mass is 291 g/mol. The summed E-state index contributed by atoms with van der Waals surface area (Å²) in [4.78, 5) is 3.99. The summed E-state index contributed by atoms with van der Waals surface area (Å²) in [5, 5.41) is 4.17. The van der Waals surface area contributed by atoms with Crippen molar-refractivity contribution in [2.75, 3.05) is 0 Å². The maximum Gasteiger partial charge on any atom is 0.137 e. The molecule has 0 spiro atoms. The van der Waals surface area contributed by atoms with E-state index in [0.717, 1.165) is 6.17 Å². The Morgan fingerprint density at radius 2 is 1.57 bits per heavy atom. The van der Waals surface area contributed by atoms with Crippen molar-refractivity contribution < 1.29 is 0 Å². The lowest BCUT2D eigenvalue weighted by molar-refractivity contribution is 0.738. The zero-order valence-electron chi connectivity index (χ0n) is 11.8. The van der Waals surface area contributed by atoms with Gasteiger partial charge in [0.25, 0.3) is 0 Å². The molecule has 0 bridgehead atoms. The second kappa shape index (κ2) is 6.81. The molecule has 4 heteroatoms. The number of nitrogens with zero attached hydrogens (tertiary/aromatic N) is 3. The van der Waals surface area contributed by atoms with Crippen LogP contribution in [0.1, 0.15) is 11.1 Å². The van der Waals surface area contributed by atoms with Crippen molar-refractivity contribution in [1.82, 2.24) is 14.8 Å². The van der Waals surface area contributed by atoms with E-state index in [1.165, 1.54) is 16.7 Å². The number of rotatable bonds is 5. The van der Waals surface area contributed by atoms with Crippen LogP contribution in [0.4, 0.5) is 0 Å². The third-order valence-electron chi connectivity index (χ3n) is 3.34. The molecule has 0 N–H and O–H groups in total. The molecular formula is C17H17N3Si. The molecule has 0 aliphatic heterocycles. The van der Waals surface area contributed by atoms with Crippen molar-refractivity contribution in [2.45, 2.75) is 6.17 Å². The predicted molar refractivity (Wildman–Crippen MR) is 88.5 cm³/mol. The number of hydrogen-bond donors (Lipinski definition) is 0. The van der Waals surface area contributed by atoms with Crippen LogP contribution in [0.2, 0.25) is 0 Å². The van der Waals surface area contributed by atoms with Crippen molar-refractivity contribution in [3.63, 3.8) is 0 Å². The third kappa shape index (κ3) is 3.55. The van der Waals surface area contributed by atoms with Gasteiger partial charge in [-0.1, -0.05) is 66.4 Å². The first-order valence-electron chi connectivity index (χ1n) is 7.07. The SMILES string of the molecule is C([SiH2]Cn1cncn1)=C(c1ccccc1)c1ccccc1. The van der Waals surface area contributed by atoms with Crippen molar-refractivity contribution in [1.29, 1.82) is 0 Å². The third-order valence-corrected chi connectivity index (χ3v) is 4.76. The Balaban J connectivity index is 1.85. The lowest BCUT2D eigenvalue weighted by atomic mass is 10.00. The Hall–Kier alpha value is -2.46. The largest absolute Gasteiger partial charge is 0.256 e. The average Bonchev–Trinajstić information content (AvgIpc) is 3.07. The minimum absolute atomic E-state index is 0.394. The van der Waals surface area contributed by atoms with Crippen LogP contribution in [-0.4, -0.2) is 24.3 Å². The first-order chi connectivity index (χ1) is 10.4. The summed E-state index contributed by atoms with van der Waals surface area (Å²) >= 11 is 0. The highest BCUT2D eigenvalue weighted by Crippen LogP contribution is 2.22. The Bertz CT molecular complexity index is 650. The van der Waals surface area contributed by atoms with Gasteiger partial charge in [0.2, 0.25) is 0 Å². The molecule has 0 saturated carbocycles. The molecule has 0 amide bonds. The average molecular weight is 291 g/mol. The molecule has 0 unspecified atom stereocenters. The van der Waals surface area contributed by atoms with E-state index in [1.54, 1.807) is 12.7 Å². The van der Waals surface area contributed by atoms with Gasteiger partial charge in [-0.05, 0) is 16.7 Å². The summed E-state index contributed by atoms with van der Waals surface area (Å²) in [6.45, 7) is 0. The number of hydrogen-bond acceptors (Lipinski definition) is 2. The minimum atomic E-state index is -0.394. The highest BCUT2D eigenvalue weighted by molar-refractivity contribution is 6.42. The van der Waals surface area contributed by atoms with E-state index in [0.29, 0.717) is 0 Å². The quantitative estimate of drug-likeness (QED) is 0.676. The molecular weight excluding hydrogens is 274 g/mol. The van der Waals surface area contributed by atoms with Crippen LogP contribution in [0, 0.1) is 0 Å². The van der Waals surface area contributed by atoms with Gasteiger partial charge >= 0.3 is 0 Å². The van der Waals surface area contributed by atoms with E-state index < -0.39 is 9.52 Å². The fraction of sp³-hybridized carbons (Fsp3) is 0.0588. The second-order valence-corrected chi connectivity index (χ2v) is 6.23. The lowest BCUT2D eigenvalue weighted by Gasteiger charge is -2.08. The van der Waals surface area contributed by atoms with Gasteiger partial charge < -0.3 is 0 Å². The molecule has 0 aliphatic rings. The molecule has 104 valence electrons. The molecule has 0 fully saturated rings. The van der Waals surface area contributed by atoms with Crippen LogP contribution in [-0.2, 0) is 6.17 Å². The van der Waals surface area contributed by atoms with E-state index in [9.17, 15) is 0 Å². The van der Waals surface area contributed by atoms with Crippen LogP contribution < -0.4 is 0 Å². The first kappa shape index (κ1) is 13.5. The minimum Gasteiger partial charge on any atom is -0.256 e. The van der Waals surface area contributed by atoms with Crippen LogP contribution in [0.25, 0.3) is 5.57 Å². The molecule has 2 aromatic carbocycles. The molecule has 0 saturated heterocycles. The predicted octanol–water partition coefficient (Wildman–Crippen LogP) is 2.49. The summed E-state index contributed by atoms with van der Waals surface area (Å²) in [6.07, 6.45) is 4.35. The van der Waals surface area contributed by atoms with Gasteiger partial charge in [-0.3, -0.25) is 4.68 Å². The topological polar surface area (TPSA) is 30.7 Å². The summed E-state index contributed by atoms with van der Waals surface area (Å²) in [6, 6.07) is 21.1. The van der Waals surface area contributed by atoms with Crippen molar-refractivity contribution >= 4 is 15.1 Å². The van der Waals surface area contributed by atoms with Crippen LogP contribution in [0.15, 0.2) is 79.0 Å². The molecule has 0 aliphatic carbocycles. The maximum atomic E-state index is 4.17. The number of benzene rings is 2.